The zero-order valence-corrected chi connectivity index (χ0v) is 14.3. The van der Waals surface area contributed by atoms with Gasteiger partial charge in [-0.2, -0.15) is 0 Å². The van der Waals surface area contributed by atoms with E-state index in [1.807, 2.05) is 6.92 Å². The average Bonchev–Trinajstić information content (AvgIpc) is 3.01. The Kier molecular flexibility index (Phi) is 4.87. The van der Waals surface area contributed by atoms with Crippen molar-refractivity contribution in [1.82, 2.24) is 10.2 Å². The van der Waals surface area contributed by atoms with E-state index in [0.29, 0.717) is 41.2 Å². The van der Waals surface area contributed by atoms with Gasteiger partial charge in [-0.15, -0.1) is 10.2 Å². The molecule has 1 aromatic heterocycles. The summed E-state index contributed by atoms with van der Waals surface area (Å²) in [5.41, 5.74) is 0.408. The van der Waals surface area contributed by atoms with Crippen LogP contribution in [0.2, 0.25) is 0 Å². The molecule has 1 aromatic carbocycles. The summed E-state index contributed by atoms with van der Waals surface area (Å²) in [6.07, 6.45) is 0. The molecule has 7 nitrogen and oxygen atoms in total. The molecule has 0 radical (unpaired) electrons. The van der Waals surface area contributed by atoms with E-state index in [1.54, 1.807) is 23.9 Å². The standard InChI is InChI=1S/C14H15N3O4S2/c1-3-22-14-17-16-13(23-14)15-12(18)8-6-9(19-2)11-10(7-8)20-4-5-21-11/h6-7H,3-5H2,1-2H3,(H,15,16,18). The number of thioether (sulfide) groups is 1. The summed E-state index contributed by atoms with van der Waals surface area (Å²) >= 11 is 2.92. The van der Waals surface area contributed by atoms with Gasteiger partial charge in [0.1, 0.15) is 13.2 Å². The van der Waals surface area contributed by atoms with Gasteiger partial charge in [0.05, 0.1) is 7.11 Å². The van der Waals surface area contributed by atoms with Crippen LogP contribution in [-0.2, 0) is 0 Å². The van der Waals surface area contributed by atoms with E-state index < -0.39 is 0 Å². The van der Waals surface area contributed by atoms with Crippen LogP contribution >= 0.6 is 23.1 Å². The smallest absolute Gasteiger partial charge is 0.257 e. The number of rotatable bonds is 5. The van der Waals surface area contributed by atoms with Crippen molar-refractivity contribution < 1.29 is 19.0 Å². The van der Waals surface area contributed by atoms with Crippen molar-refractivity contribution in [2.75, 3.05) is 31.4 Å². The van der Waals surface area contributed by atoms with E-state index in [0.717, 1.165) is 10.1 Å². The van der Waals surface area contributed by atoms with Crippen molar-refractivity contribution in [2.24, 2.45) is 0 Å². The number of carbonyl (C=O) groups excluding carboxylic acids is 1. The number of ether oxygens (including phenoxy) is 3. The van der Waals surface area contributed by atoms with Crippen LogP contribution in [0.15, 0.2) is 16.5 Å². The van der Waals surface area contributed by atoms with E-state index in [4.69, 9.17) is 14.2 Å². The van der Waals surface area contributed by atoms with Gasteiger partial charge < -0.3 is 14.2 Å². The summed E-state index contributed by atoms with van der Waals surface area (Å²) < 4.78 is 17.2. The molecule has 2 aromatic rings. The molecule has 0 bridgehead atoms. The second-order valence-electron chi connectivity index (χ2n) is 4.46. The minimum absolute atomic E-state index is 0.301. The number of hydrogen-bond acceptors (Lipinski definition) is 8. The molecule has 0 spiro atoms. The maximum absolute atomic E-state index is 12.4. The second kappa shape index (κ2) is 7.05. The lowest BCUT2D eigenvalue weighted by Crippen LogP contribution is -2.18. The highest BCUT2D eigenvalue weighted by atomic mass is 32.2. The number of aromatic nitrogens is 2. The van der Waals surface area contributed by atoms with Crippen molar-refractivity contribution in [3.63, 3.8) is 0 Å². The van der Waals surface area contributed by atoms with Crippen molar-refractivity contribution >= 4 is 34.1 Å². The van der Waals surface area contributed by atoms with Gasteiger partial charge in [0.15, 0.2) is 15.8 Å². The van der Waals surface area contributed by atoms with Crippen LogP contribution in [0.4, 0.5) is 5.13 Å². The molecular formula is C14H15N3O4S2. The maximum Gasteiger partial charge on any atom is 0.257 e. The largest absolute Gasteiger partial charge is 0.493 e. The lowest BCUT2D eigenvalue weighted by molar-refractivity contribution is 0.102. The molecule has 1 aliphatic heterocycles. The molecule has 2 heterocycles. The van der Waals surface area contributed by atoms with Gasteiger partial charge >= 0.3 is 0 Å². The third-order valence-corrected chi connectivity index (χ3v) is 4.84. The molecule has 1 N–H and O–H groups in total. The highest BCUT2D eigenvalue weighted by Crippen LogP contribution is 2.40. The summed E-state index contributed by atoms with van der Waals surface area (Å²) in [4.78, 5) is 12.4. The Morgan fingerprint density at radius 2 is 2.22 bits per heavy atom. The molecule has 0 fully saturated rings. The van der Waals surface area contributed by atoms with Crippen LogP contribution in [0.3, 0.4) is 0 Å². The first-order valence-electron chi connectivity index (χ1n) is 6.96. The number of carbonyl (C=O) groups is 1. The topological polar surface area (TPSA) is 82.6 Å². The molecule has 0 aliphatic carbocycles. The van der Waals surface area contributed by atoms with Crippen LogP contribution in [-0.4, -0.2) is 42.2 Å². The van der Waals surface area contributed by atoms with Gasteiger partial charge in [0.25, 0.3) is 5.91 Å². The minimum atomic E-state index is -0.301. The number of fused-ring (bicyclic) bond motifs is 1. The minimum Gasteiger partial charge on any atom is -0.493 e. The Balaban J connectivity index is 1.81. The maximum atomic E-state index is 12.4. The molecule has 1 aliphatic rings. The quantitative estimate of drug-likeness (QED) is 0.653. The molecule has 3 rings (SSSR count). The molecule has 1 amide bonds. The molecule has 122 valence electrons. The normalized spacial score (nSPS) is 12.8. The summed E-state index contributed by atoms with van der Waals surface area (Å²) in [5, 5.41) is 11.2. The van der Waals surface area contributed by atoms with E-state index in [9.17, 15) is 4.79 Å². The van der Waals surface area contributed by atoms with Crippen molar-refractivity contribution in [3.8, 4) is 17.2 Å². The molecule has 0 unspecified atom stereocenters. The lowest BCUT2D eigenvalue weighted by atomic mass is 10.1. The van der Waals surface area contributed by atoms with E-state index >= 15 is 0 Å². The molecule has 0 atom stereocenters. The van der Waals surface area contributed by atoms with Gasteiger partial charge in [-0.05, 0) is 17.9 Å². The summed E-state index contributed by atoms with van der Waals surface area (Å²) in [6.45, 7) is 2.93. The number of benzene rings is 1. The molecule has 0 saturated carbocycles. The fourth-order valence-corrected chi connectivity index (χ4v) is 3.66. The second-order valence-corrected chi connectivity index (χ2v) is 6.95. The van der Waals surface area contributed by atoms with Gasteiger partial charge in [0, 0.05) is 5.56 Å². The number of hydrogen-bond donors (Lipinski definition) is 1. The fourth-order valence-electron chi connectivity index (χ4n) is 2.02. The number of nitrogens with zero attached hydrogens (tertiary/aromatic N) is 2. The van der Waals surface area contributed by atoms with Crippen molar-refractivity contribution in [1.29, 1.82) is 0 Å². The monoisotopic (exact) mass is 353 g/mol. The Labute approximate surface area is 141 Å². The molecule has 23 heavy (non-hydrogen) atoms. The Morgan fingerprint density at radius 1 is 1.39 bits per heavy atom. The zero-order chi connectivity index (χ0) is 16.2. The predicted molar refractivity (Wildman–Crippen MR) is 88.2 cm³/mol. The van der Waals surface area contributed by atoms with Crippen molar-refractivity contribution in [2.45, 2.75) is 11.3 Å². The van der Waals surface area contributed by atoms with Crippen LogP contribution in [0.5, 0.6) is 17.2 Å². The van der Waals surface area contributed by atoms with E-state index in [-0.39, 0.29) is 5.91 Å². The zero-order valence-electron chi connectivity index (χ0n) is 12.6. The number of nitrogens with one attached hydrogen (secondary N) is 1. The summed E-state index contributed by atoms with van der Waals surface area (Å²) in [7, 11) is 1.52. The first-order valence-corrected chi connectivity index (χ1v) is 8.76. The first kappa shape index (κ1) is 15.9. The Morgan fingerprint density at radius 3 is 3.00 bits per heavy atom. The molecule has 0 saturated heterocycles. The van der Waals surface area contributed by atoms with Gasteiger partial charge in [-0.3, -0.25) is 10.1 Å². The van der Waals surface area contributed by atoms with Crippen LogP contribution in [0.1, 0.15) is 17.3 Å². The number of amides is 1. The van der Waals surface area contributed by atoms with Gasteiger partial charge in [-0.1, -0.05) is 30.0 Å². The summed E-state index contributed by atoms with van der Waals surface area (Å²) in [6, 6.07) is 3.25. The summed E-state index contributed by atoms with van der Waals surface area (Å²) in [5.74, 6) is 2.09. The fraction of sp³-hybridized carbons (Fsp3) is 0.357. The van der Waals surface area contributed by atoms with Crippen LogP contribution in [0, 0.1) is 0 Å². The van der Waals surface area contributed by atoms with E-state index in [1.165, 1.54) is 18.4 Å². The average molecular weight is 353 g/mol. The number of anilines is 1. The van der Waals surface area contributed by atoms with Gasteiger partial charge in [0.2, 0.25) is 10.9 Å². The predicted octanol–water partition coefficient (Wildman–Crippen LogP) is 2.68. The third kappa shape index (κ3) is 3.50. The number of methoxy groups -OCH3 is 1. The lowest BCUT2D eigenvalue weighted by Gasteiger charge is -2.21. The van der Waals surface area contributed by atoms with Gasteiger partial charge in [-0.25, -0.2) is 0 Å². The van der Waals surface area contributed by atoms with Crippen molar-refractivity contribution in [3.05, 3.63) is 17.7 Å². The van der Waals surface area contributed by atoms with Crippen LogP contribution < -0.4 is 19.5 Å². The highest BCUT2D eigenvalue weighted by molar-refractivity contribution is 8.01. The highest BCUT2D eigenvalue weighted by Gasteiger charge is 2.21. The Hall–Kier alpha value is -2.00. The Bertz CT molecular complexity index is 703. The first-order chi connectivity index (χ1) is 11.2. The third-order valence-electron chi connectivity index (χ3n) is 2.98. The van der Waals surface area contributed by atoms with E-state index in [2.05, 4.69) is 15.5 Å². The molecular weight excluding hydrogens is 338 g/mol. The SMILES string of the molecule is CCSc1nnc(NC(=O)c2cc(OC)c3c(c2)OCCO3)s1. The van der Waals surface area contributed by atoms with Crippen LogP contribution in [0.25, 0.3) is 0 Å². The molecule has 9 heteroatoms.